The molecule has 1 unspecified atom stereocenters. The van der Waals surface area contributed by atoms with E-state index in [0.717, 1.165) is 6.07 Å². The quantitative estimate of drug-likeness (QED) is 0.378. The number of carboxylic acid groups (broad SMARTS) is 1. The zero-order chi connectivity index (χ0) is 16.3. The molecular weight excluding hydrogens is 292 g/mol. The summed E-state index contributed by atoms with van der Waals surface area (Å²) >= 11 is 0. The van der Waals surface area contributed by atoms with Crippen molar-refractivity contribution in [1.29, 1.82) is 0 Å². The van der Waals surface area contributed by atoms with Crippen LogP contribution in [0.2, 0.25) is 0 Å². The summed E-state index contributed by atoms with van der Waals surface area (Å²) in [6, 6.07) is 4.07. The average molecular weight is 308 g/mol. The molecule has 1 aromatic rings. The molecule has 1 aromatic carbocycles. The van der Waals surface area contributed by atoms with Crippen LogP contribution in [-0.4, -0.2) is 48.1 Å². The first-order valence-electron chi connectivity index (χ1n) is 6.80. The van der Waals surface area contributed by atoms with Gasteiger partial charge in [-0.1, -0.05) is 0 Å². The summed E-state index contributed by atoms with van der Waals surface area (Å²) in [5.74, 6) is -3.15. The number of Topliss-reactive ketones (excluding diaryl/α,β-unsaturated/α-hetero) is 1. The lowest BCUT2D eigenvalue weighted by molar-refractivity contribution is -0.384. The number of hydrogen-bond donors (Lipinski definition) is 1. The Morgan fingerprint density at radius 3 is 2.55 bits per heavy atom. The standard InChI is InChI=1S/C14H16N2O6/c1-9(14(18)19)13(17)10-2-3-11(12(8-10)16(20)21)15-4-6-22-7-5-15/h2-3,8-9H,4-7H2,1H3,(H,18,19). The third kappa shape index (κ3) is 3.22. The van der Waals surface area contributed by atoms with Gasteiger partial charge >= 0.3 is 5.97 Å². The fourth-order valence-corrected chi connectivity index (χ4v) is 2.26. The largest absolute Gasteiger partial charge is 0.481 e. The van der Waals surface area contributed by atoms with Gasteiger partial charge in [0.2, 0.25) is 0 Å². The molecule has 8 heteroatoms. The van der Waals surface area contributed by atoms with E-state index < -0.39 is 22.6 Å². The maximum absolute atomic E-state index is 12.0. The summed E-state index contributed by atoms with van der Waals surface area (Å²) in [6.07, 6.45) is 0. The van der Waals surface area contributed by atoms with Gasteiger partial charge in [0.1, 0.15) is 11.6 Å². The van der Waals surface area contributed by atoms with Crippen LogP contribution >= 0.6 is 0 Å². The van der Waals surface area contributed by atoms with Crippen molar-refractivity contribution in [2.24, 2.45) is 5.92 Å². The Morgan fingerprint density at radius 2 is 2.00 bits per heavy atom. The van der Waals surface area contributed by atoms with E-state index in [1.54, 1.807) is 0 Å². The second-order valence-electron chi connectivity index (χ2n) is 4.98. The highest BCUT2D eigenvalue weighted by Crippen LogP contribution is 2.30. The van der Waals surface area contributed by atoms with E-state index in [1.807, 2.05) is 4.90 Å². The molecule has 1 atom stereocenters. The molecule has 0 aliphatic carbocycles. The lowest BCUT2D eigenvalue weighted by Gasteiger charge is -2.28. The molecule has 8 nitrogen and oxygen atoms in total. The fraction of sp³-hybridized carbons (Fsp3) is 0.429. The normalized spacial score (nSPS) is 16.1. The molecule has 22 heavy (non-hydrogen) atoms. The number of carbonyl (C=O) groups excluding carboxylic acids is 1. The Kier molecular flexibility index (Phi) is 4.71. The number of rotatable bonds is 5. The SMILES string of the molecule is CC(C(=O)O)C(=O)c1ccc(N2CCOCC2)c([N+](=O)[O-])c1. The van der Waals surface area contributed by atoms with Gasteiger partial charge in [-0.2, -0.15) is 0 Å². The number of anilines is 1. The van der Waals surface area contributed by atoms with E-state index in [1.165, 1.54) is 19.1 Å². The van der Waals surface area contributed by atoms with E-state index in [4.69, 9.17) is 9.84 Å². The molecule has 118 valence electrons. The minimum absolute atomic E-state index is 0.0265. The Balaban J connectivity index is 2.36. The van der Waals surface area contributed by atoms with Crippen LogP contribution in [0.25, 0.3) is 0 Å². The molecule has 0 amide bonds. The molecule has 1 heterocycles. The molecule has 1 N–H and O–H groups in total. The number of hydrogen-bond acceptors (Lipinski definition) is 6. The molecule has 1 aliphatic heterocycles. The van der Waals surface area contributed by atoms with Crippen molar-refractivity contribution in [1.82, 2.24) is 0 Å². The number of ketones is 1. The molecule has 0 aromatic heterocycles. The second-order valence-corrected chi connectivity index (χ2v) is 4.98. The highest BCUT2D eigenvalue weighted by Gasteiger charge is 2.27. The van der Waals surface area contributed by atoms with Crippen molar-refractivity contribution in [2.75, 3.05) is 31.2 Å². The fourth-order valence-electron chi connectivity index (χ4n) is 2.26. The van der Waals surface area contributed by atoms with Gasteiger partial charge in [-0.05, 0) is 19.1 Å². The smallest absolute Gasteiger partial charge is 0.314 e. The van der Waals surface area contributed by atoms with Crippen LogP contribution in [0.15, 0.2) is 18.2 Å². The van der Waals surface area contributed by atoms with Gasteiger partial charge in [-0.15, -0.1) is 0 Å². The lowest BCUT2D eigenvalue weighted by Crippen LogP contribution is -2.36. The summed E-state index contributed by atoms with van der Waals surface area (Å²) in [4.78, 5) is 35.4. The van der Waals surface area contributed by atoms with Crippen LogP contribution in [0.4, 0.5) is 11.4 Å². The van der Waals surface area contributed by atoms with Crippen LogP contribution in [0.1, 0.15) is 17.3 Å². The number of nitrogens with zero attached hydrogens (tertiary/aromatic N) is 2. The highest BCUT2D eigenvalue weighted by atomic mass is 16.6. The van der Waals surface area contributed by atoms with Crippen molar-refractivity contribution in [3.05, 3.63) is 33.9 Å². The average Bonchev–Trinajstić information content (AvgIpc) is 2.53. The van der Waals surface area contributed by atoms with Gasteiger partial charge in [0.05, 0.1) is 18.1 Å². The van der Waals surface area contributed by atoms with Gasteiger partial charge in [0.25, 0.3) is 5.69 Å². The number of ether oxygens (including phenoxy) is 1. The van der Waals surface area contributed by atoms with E-state index in [-0.39, 0.29) is 11.3 Å². The minimum atomic E-state index is -1.26. The molecule has 2 rings (SSSR count). The molecule has 0 bridgehead atoms. The Hall–Kier alpha value is -2.48. The third-order valence-electron chi connectivity index (χ3n) is 3.57. The van der Waals surface area contributed by atoms with E-state index in [9.17, 15) is 19.7 Å². The predicted octanol–water partition coefficient (Wildman–Crippen LogP) is 1.33. The number of morpholine rings is 1. The number of nitro benzene ring substituents is 1. The molecule has 0 radical (unpaired) electrons. The van der Waals surface area contributed by atoms with Crippen molar-refractivity contribution in [3.63, 3.8) is 0 Å². The van der Waals surface area contributed by atoms with Crippen LogP contribution < -0.4 is 4.90 Å². The number of benzene rings is 1. The minimum Gasteiger partial charge on any atom is -0.481 e. The summed E-state index contributed by atoms with van der Waals surface area (Å²) < 4.78 is 5.21. The molecule has 0 spiro atoms. The molecular formula is C14H16N2O6. The molecule has 0 saturated carbocycles. The Bertz CT molecular complexity index is 609. The van der Waals surface area contributed by atoms with Gasteiger partial charge in [0, 0.05) is 24.7 Å². The maximum Gasteiger partial charge on any atom is 0.314 e. The summed E-state index contributed by atoms with van der Waals surface area (Å²) in [5.41, 5.74) is 0.233. The van der Waals surface area contributed by atoms with Crippen LogP contribution in [0.3, 0.4) is 0 Å². The van der Waals surface area contributed by atoms with Gasteiger partial charge in [0.15, 0.2) is 5.78 Å². The first-order valence-corrected chi connectivity index (χ1v) is 6.80. The van der Waals surface area contributed by atoms with Gasteiger partial charge in [-0.3, -0.25) is 19.7 Å². The van der Waals surface area contributed by atoms with Crippen LogP contribution in [0, 0.1) is 16.0 Å². The van der Waals surface area contributed by atoms with Gasteiger partial charge < -0.3 is 14.7 Å². The van der Waals surface area contributed by atoms with E-state index in [0.29, 0.717) is 32.0 Å². The van der Waals surface area contributed by atoms with E-state index >= 15 is 0 Å². The highest BCUT2D eigenvalue weighted by molar-refractivity contribution is 6.08. The molecule has 1 saturated heterocycles. The van der Waals surface area contributed by atoms with Crippen LogP contribution in [0.5, 0.6) is 0 Å². The molecule has 1 fully saturated rings. The lowest BCUT2D eigenvalue weighted by atomic mass is 9.98. The topological polar surface area (TPSA) is 110 Å². The van der Waals surface area contributed by atoms with Crippen LogP contribution in [-0.2, 0) is 9.53 Å². The predicted molar refractivity (Wildman–Crippen MR) is 77.3 cm³/mol. The monoisotopic (exact) mass is 308 g/mol. The molecule has 1 aliphatic rings. The zero-order valence-corrected chi connectivity index (χ0v) is 12.0. The number of aliphatic carboxylic acids is 1. The van der Waals surface area contributed by atoms with Gasteiger partial charge in [-0.25, -0.2) is 0 Å². The first kappa shape index (κ1) is 15.9. The zero-order valence-electron chi connectivity index (χ0n) is 12.0. The number of nitro groups is 1. The van der Waals surface area contributed by atoms with Crippen molar-refractivity contribution in [2.45, 2.75) is 6.92 Å². The summed E-state index contributed by atoms with van der Waals surface area (Å²) in [5, 5.41) is 20.1. The summed E-state index contributed by atoms with van der Waals surface area (Å²) in [6.45, 7) is 3.27. The summed E-state index contributed by atoms with van der Waals surface area (Å²) in [7, 11) is 0. The first-order chi connectivity index (χ1) is 10.4. The second kappa shape index (κ2) is 6.52. The maximum atomic E-state index is 12.0. The number of carboxylic acids is 1. The van der Waals surface area contributed by atoms with E-state index in [2.05, 4.69) is 0 Å². The number of carbonyl (C=O) groups is 2. The van der Waals surface area contributed by atoms with Crippen molar-refractivity contribution >= 4 is 23.1 Å². The Morgan fingerprint density at radius 1 is 1.36 bits per heavy atom. The van der Waals surface area contributed by atoms with Crippen molar-refractivity contribution in [3.8, 4) is 0 Å². The third-order valence-corrected chi connectivity index (χ3v) is 3.57. The van der Waals surface area contributed by atoms with Crippen molar-refractivity contribution < 1.29 is 24.4 Å². The Labute approximate surface area is 126 Å².